The molecule has 0 radical (unpaired) electrons. The van der Waals surface area contributed by atoms with Crippen molar-refractivity contribution < 1.29 is 0 Å². The van der Waals surface area contributed by atoms with E-state index < -0.39 is 11.2 Å². The molecule has 11 nitrogen and oxygen atoms in total. The van der Waals surface area contributed by atoms with E-state index in [1.165, 1.54) is 9.13 Å². The van der Waals surface area contributed by atoms with Crippen LogP contribution in [-0.4, -0.2) is 51.5 Å². The standard InChI is InChI=1S/C21H23N9O2S/c1-3-4-10-29-16-18(24-20(29)28-9-5-6-13(22)11-28)27(2)21(32)30(19(16)31)12-14-7-8-15-17(23-14)26-33-25-15/h7-8,13H,5-6,9-12,22H2,1-2H3/t13-/m1/s1. The Labute approximate surface area is 192 Å². The molecule has 4 aromatic rings. The first-order valence-electron chi connectivity index (χ1n) is 10.7. The summed E-state index contributed by atoms with van der Waals surface area (Å²) in [4.78, 5) is 38.0. The third-order valence-electron chi connectivity index (χ3n) is 5.87. The first kappa shape index (κ1) is 21.3. The molecule has 170 valence electrons. The molecule has 2 N–H and O–H groups in total. The van der Waals surface area contributed by atoms with Gasteiger partial charge in [0, 0.05) is 26.2 Å². The van der Waals surface area contributed by atoms with E-state index in [4.69, 9.17) is 10.7 Å². The Morgan fingerprint density at radius 2 is 2.06 bits per heavy atom. The molecule has 4 aromatic heterocycles. The lowest BCUT2D eigenvalue weighted by molar-refractivity contribution is 0.496. The fourth-order valence-electron chi connectivity index (χ4n) is 4.21. The van der Waals surface area contributed by atoms with Crippen molar-refractivity contribution in [3.63, 3.8) is 0 Å². The second kappa shape index (κ2) is 8.42. The number of rotatable bonds is 4. The summed E-state index contributed by atoms with van der Waals surface area (Å²) in [5.41, 5.74) is 7.70. The minimum atomic E-state index is -0.459. The van der Waals surface area contributed by atoms with Gasteiger partial charge in [0.1, 0.15) is 5.52 Å². The number of imidazole rings is 1. The Kier molecular flexibility index (Phi) is 5.43. The molecule has 1 fully saturated rings. The molecule has 33 heavy (non-hydrogen) atoms. The molecule has 0 spiro atoms. The molecule has 1 saturated heterocycles. The van der Waals surface area contributed by atoms with Crippen LogP contribution in [0.3, 0.4) is 0 Å². The van der Waals surface area contributed by atoms with Crippen LogP contribution < -0.4 is 21.9 Å². The number of hydrogen-bond acceptors (Lipinski definition) is 9. The van der Waals surface area contributed by atoms with Gasteiger partial charge in [0.25, 0.3) is 5.56 Å². The van der Waals surface area contributed by atoms with Crippen molar-refractivity contribution in [3.8, 4) is 11.8 Å². The number of hydrogen-bond donors (Lipinski definition) is 1. The highest BCUT2D eigenvalue weighted by molar-refractivity contribution is 7.00. The molecule has 12 heteroatoms. The number of piperidine rings is 1. The van der Waals surface area contributed by atoms with E-state index in [0.29, 0.717) is 40.5 Å². The van der Waals surface area contributed by atoms with E-state index in [1.54, 1.807) is 30.7 Å². The average Bonchev–Trinajstić information content (AvgIpc) is 3.43. The molecule has 1 atom stereocenters. The molecule has 1 aliphatic heterocycles. The van der Waals surface area contributed by atoms with Gasteiger partial charge in [0.2, 0.25) is 5.95 Å². The number of pyridine rings is 1. The number of aryl methyl sites for hydroxylation is 1. The molecule has 5 rings (SSSR count). The van der Waals surface area contributed by atoms with Crippen molar-refractivity contribution >= 4 is 40.0 Å². The van der Waals surface area contributed by atoms with Gasteiger partial charge in [-0.1, -0.05) is 5.92 Å². The Balaban J connectivity index is 1.68. The van der Waals surface area contributed by atoms with Crippen LogP contribution in [0, 0.1) is 11.8 Å². The Bertz CT molecular complexity index is 1530. The highest BCUT2D eigenvalue weighted by atomic mass is 32.1. The number of fused-ring (bicyclic) bond motifs is 2. The van der Waals surface area contributed by atoms with E-state index in [1.807, 2.05) is 0 Å². The van der Waals surface area contributed by atoms with Gasteiger partial charge < -0.3 is 10.6 Å². The number of nitrogens with zero attached hydrogens (tertiary/aromatic N) is 8. The molecule has 0 amide bonds. The van der Waals surface area contributed by atoms with Gasteiger partial charge in [-0.25, -0.2) is 9.78 Å². The van der Waals surface area contributed by atoms with E-state index in [9.17, 15) is 9.59 Å². The zero-order chi connectivity index (χ0) is 23.1. The highest BCUT2D eigenvalue weighted by Crippen LogP contribution is 2.23. The molecule has 0 aliphatic carbocycles. The van der Waals surface area contributed by atoms with Crippen LogP contribution in [0.2, 0.25) is 0 Å². The fourth-order valence-corrected chi connectivity index (χ4v) is 4.70. The minimum Gasteiger partial charge on any atom is -0.341 e. The maximum Gasteiger partial charge on any atom is 0.332 e. The molecular weight excluding hydrogens is 442 g/mol. The second-order valence-electron chi connectivity index (χ2n) is 8.09. The van der Waals surface area contributed by atoms with Crippen LogP contribution in [0.25, 0.3) is 22.3 Å². The largest absolute Gasteiger partial charge is 0.341 e. The lowest BCUT2D eigenvalue weighted by Crippen LogP contribution is -2.44. The summed E-state index contributed by atoms with van der Waals surface area (Å²) >= 11 is 1.07. The Morgan fingerprint density at radius 3 is 2.85 bits per heavy atom. The van der Waals surface area contributed by atoms with Crippen LogP contribution in [-0.2, 0) is 20.1 Å². The molecule has 0 bridgehead atoms. The van der Waals surface area contributed by atoms with Gasteiger partial charge in [0.15, 0.2) is 16.8 Å². The van der Waals surface area contributed by atoms with E-state index in [-0.39, 0.29) is 19.1 Å². The topological polar surface area (TPSA) is 130 Å². The van der Waals surface area contributed by atoms with E-state index >= 15 is 0 Å². The number of nitrogens with two attached hydrogens (primary N) is 1. The van der Waals surface area contributed by atoms with Crippen LogP contribution in [0.5, 0.6) is 0 Å². The Morgan fingerprint density at radius 1 is 1.21 bits per heavy atom. The van der Waals surface area contributed by atoms with Crippen molar-refractivity contribution in [3.05, 3.63) is 38.7 Å². The number of aromatic nitrogens is 7. The van der Waals surface area contributed by atoms with Gasteiger partial charge >= 0.3 is 5.69 Å². The summed E-state index contributed by atoms with van der Waals surface area (Å²) in [6.45, 7) is 3.47. The molecule has 5 heterocycles. The van der Waals surface area contributed by atoms with Crippen molar-refractivity contribution in [2.75, 3.05) is 18.0 Å². The molecule has 1 aliphatic rings. The van der Waals surface area contributed by atoms with Gasteiger partial charge in [-0.15, -0.1) is 5.92 Å². The van der Waals surface area contributed by atoms with Crippen molar-refractivity contribution in [1.82, 2.24) is 32.4 Å². The van der Waals surface area contributed by atoms with E-state index in [0.717, 1.165) is 31.1 Å². The summed E-state index contributed by atoms with van der Waals surface area (Å²) in [7, 11) is 1.62. The maximum atomic E-state index is 13.6. The average molecular weight is 466 g/mol. The van der Waals surface area contributed by atoms with Crippen molar-refractivity contribution in [2.24, 2.45) is 12.8 Å². The molecule has 0 aromatic carbocycles. The monoisotopic (exact) mass is 465 g/mol. The Hall–Kier alpha value is -3.56. The quantitative estimate of drug-likeness (QED) is 0.426. The van der Waals surface area contributed by atoms with Gasteiger partial charge in [0.05, 0.1) is 30.5 Å². The number of anilines is 1. The molecule has 0 unspecified atom stereocenters. The highest BCUT2D eigenvalue weighted by Gasteiger charge is 2.26. The van der Waals surface area contributed by atoms with Crippen LogP contribution in [0.15, 0.2) is 21.7 Å². The smallest absolute Gasteiger partial charge is 0.332 e. The lowest BCUT2D eigenvalue weighted by atomic mass is 10.1. The summed E-state index contributed by atoms with van der Waals surface area (Å²) in [5.74, 6) is 6.53. The van der Waals surface area contributed by atoms with Gasteiger partial charge in [-0.05, 0) is 31.9 Å². The summed E-state index contributed by atoms with van der Waals surface area (Å²) < 4.78 is 12.7. The van der Waals surface area contributed by atoms with Gasteiger partial charge in [-0.2, -0.15) is 13.7 Å². The maximum absolute atomic E-state index is 13.6. The van der Waals surface area contributed by atoms with E-state index in [2.05, 4.69) is 30.5 Å². The molecular formula is C21H23N9O2S. The third kappa shape index (κ3) is 3.69. The van der Waals surface area contributed by atoms with Crippen molar-refractivity contribution in [1.29, 1.82) is 0 Å². The van der Waals surface area contributed by atoms with Crippen LogP contribution >= 0.6 is 11.7 Å². The zero-order valence-corrected chi connectivity index (χ0v) is 19.2. The minimum absolute atomic E-state index is 0.0173. The first-order valence-corrected chi connectivity index (χ1v) is 11.4. The summed E-state index contributed by atoms with van der Waals surface area (Å²) in [6, 6.07) is 3.57. The molecule has 0 saturated carbocycles. The zero-order valence-electron chi connectivity index (χ0n) is 18.4. The summed E-state index contributed by atoms with van der Waals surface area (Å²) in [6.07, 6.45) is 1.88. The van der Waals surface area contributed by atoms with Crippen LogP contribution in [0.1, 0.15) is 25.5 Å². The predicted octanol–water partition coefficient (Wildman–Crippen LogP) is 0.296. The fraction of sp³-hybridized carbons (Fsp3) is 0.429. The second-order valence-corrected chi connectivity index (χ2v) is 8.62. The summed E-state index contributed by atoms with van der Waals surface area (Å²) in [5, 5.41) is 0. The normalized spacial score (nSPS) is 16.3. The lowest BCUT2D eigenvalue weighted by Gasteiger charge is -2.31. The van der Waals surface area contributed by atoms with Crippen LogP contribution in [0.4, 0.5) is 5.95 Å². The van der Waals surface area contributed by atoms with Gasteiger partial charge in [-0.3, -0.25) is 18.5 Å². The SMILES string of the molecule is CC#CCn1c(N2CCC[C@@H](N)C2)nc2c1c(=O)n(Cc1ccc3nsnc3n1)c(=O)n2C. The third-order valence-corrected chi connectivity index (χ3v) is 6.40. The van der Waals surface area contributed by atoms with Crippen molar-refractivity contribution in [2.45, 2.75) is 38.9 Å². The predicted molar refractivity (Wildman–Crippen MR) is 126 cm³/mol. The first-order chi connectivity index (χ1) is 16.0.